The molecule has 0 unspecified atom stereocenters. The van der Waals surface area contributed by atoms with Gasteiger partial charge in [0, 0.05) is 18.3 Å². The van der Waals surface area contributed by atoms with Gasteiger partial charge >= 0.3 is 0 Å². The van der Waals surface area contributed by atoms with Crippen LogP contribution in [0.1, 0.15) is 41.6 Å². The third-order valence-corrected chi connectivity index (χ3v) is 4.65. The molecule has 0 bridgehead atoms. The van der Waals surface area contributed by atoms with Crippen molar-refractivity contribution in [3.05, 3.63) is 58.5 Å². The topological polar surface area (TPSA) is 75.0 Å². The minimum absolute atomic E-state index is 0.0254. The molecular weight excluding hydrogens is 357 g/mol. The number of amides is 1. The first-order valence-corrected chi connectivity index (χ1v) is 8.71. The molecule has 0 aliphatic heterocycles. The molecule has 1 aromatic carbocycles. The van der Waals surface area contributed by atoms with Crippen LogP contribution in [0.4, 0.5) is 4.39 Å². The minimum atomic E-state index is -0.472. The zero-order valence-electron chi connectivity index (χ0n) is 13.9. The third-order valence-electron chi connectivity index (χ3n) is 4.34. The van der Waals surface area contributed by atoms with Crippen LogP contribution in [-0.2, 0) is 0 Å². The van der Waals surface area contributed by atoms with Gasteiger partial charge in [0.2, 0.25) is 5.88 Å². The summed E-state index contributed by atoms with van der Waals surface area (Å²) in [5.74, 6) is -0.275. The highest BCUT2D eigenvalue weighted by Gasteiger charge is 2.24. The maximum absolute atomic E-state index is 13.1. The number of nitriles is 1. The zero-order valence-corrected chi connectivity index (χ0v) is 14.7. The Morgan fingerprint density at radius 3 is 2.65 bits per heavy atom. The van der Waals surface area contributed by atoms with E-state index in [1.165, 1.54) is 18.3 Å². The van der Waals surface area contributed by atoms with Crippen LogP contribution in [0, 0.1) is 17.1 Å². The molecule has 1 fully saturated rings. The predicted octanol–water partition coefficient (Wildman–Crippen LogP) is 3.87. The average molecular weight is 374 g/mol. The number of carbonyl (C=O) groups is 1. The number of nitrogens with one attached hydrogen (secondary N) is 1. The lowest BCUT2D eigenvalue weighted by atomic mass is 9.92. The molecule has 0 spiro atoms. The highest BCUT2D eigenvalue weighted by atomic mass is 35.5. The summed E-state index contributed by atoms with van der Waals surface area (Å²) in [5.41, 5.74) is 0.761. The van der Waals surface area contributed by atoms with Crippen LogP contribution in [0.2, 0.25) is 5.02 Å². The average Bonchev–Trinajstić information content (AvgIpc) is 2.64. The molecule has 5 nitrogen and oxygen atoms in total. The summed E-state index contributed by atoms with van der Waals surface area (Å²) in [6.07, 6.45) is 4.61. The van der Waals surface area contributed by atoms with E-state index in [0.717, 1.165) is 31.7 Å². The van der Waals surface area contributed by atoms with Crippen molar-refractivity contribution in [1.82, 2.24) is 10.3 Å². The van der Waals surface area contributed by atoms with E-state index < -0.39 is 5.82 Å². The predicted molar refractivity (Wildman–Crippen MR) is 94.5 cm³/mol. The molecule has 3 rings (SSSR count). The number of carbonyl (C=O) groups excluding carboxylic acids is 1. The largest absolute Gasteiger partial charge is 0.474 e. The number of aromatic nitrogens is 1. The first-order chi connectivity index (χ1) is 12.5. The van der Waals surface area contributed by atoms with Gasteiger partial charge in [-0.1, -0.05) is 11.6 Å². The summed E-state index contributed by atoms with van der Waals surface area (Å²) in [5, 5.41) is 11.8. The molecule has 2 aromatic rings. The highest BCUT2D eigenvalue weighted by molar-refractivity contribution is 6.33. The summed E-state index contributed by atoms with van der Waals surface area (Å²) >= 11 is 5.93. The van der Waals surface area contributed by atoms with E-state index >= 15 is 0 Å². The standard InChI is InChI=1S/C19H17ClFN3O2/c20-17-9-13(21)2-7-16(17)19(25)24-14-3-5-15(6-4-14)26-18-8-1-12(10-22)11-23-18/h1-2,7-9,11,14-15H,3-6H2,(H,24,25). The molecule has 1 heterocycles. The minimum Gasteiger partial charge on any atom is -0.474 e. The third kappa shape index (κ3) is 4.50. The van der Waals surface area contributed by atoms with Gasteiger partial charge in [0.25, 0.3) is 5.91 Å². The summed E-state index contributed by atoms with van der Waals surface area (Å²) in [4.78, 5) is 16.4. The normalized spacial score (nSPS) is 19.4. The number of pyridine rings is 1. The Balaban J connectivity index is 1.50. The van der Waals surface area contributed by atoms with Gasteiger partial charge in [-0.25, -0.2) is 9.37 Å². The van der Waals surface area contributed by atoms with Crippen molar-refractivity contribution >= 4 is 17.5 Å². The molecule has 134 valence electrons. The fourth-order valence-corrected chi connectivity index (χ4v) is 3.20. The van der Waals surface area contributed by atoms with E-state index in [2.05, 4.69) is 10.3 Å². The number of rotatable bonds is 4. The van der Waals surface area contributed by atoms with Crippen molar-refractivity contribution in [2.75, 3.05) is 0 Å². The Kier molecular flexibility index (Phi) is 5.69. The molecule has 1 saturated carbocycles. The van der Waals surface area contributed by atoms with Crippen molar-refractivity contribution in [2.45, 2.75) is 37.8 Å². The Labute approximate surface area is 155 Å². The van der Waals surface area contributed by atoms with Crippen LogP contribution in [0.25, 0.3) is 0 Å². The molecule has 0 atom stereocenters. The molecule has 1 aromatic heterocycles. The maximum atomic E-state index is 13.1. The number of ether oxygens (including phenoxy) is 1. The maximum Gasteiger partial charge on any atom is 0.253 e. The smallest absolute Gasteiger partial charge is 0.253 e. The van der Waals surface area contributed by atoms with Crippen molar-refractivity contribution in [3.8, 4) is 11.9 Å². The van der Waals surface area contributed by atoms with Gasteiger partial charge in [0.15, 0.2) is 0 Å². The Hall–Kier alpha value is -2.65. The first-order valence-electron chi connectivity index (χ1n) is 8.34. The van der Waals surface area contributed by atoms with E-state index in [-0.39, 0.29) is 28.6 Å². The molecule has 1 amide bonds. The number of nitrogens with zero attached hydrogens (tertiary/aromatic N) is 2. The van der Waals surface area contributed by atoms with Gasteiger partial charge in [-0.3, -0.25) is 4.79 Å². The SMILES string of the molecule is N#Cc1ccc(OC2CCC(NC(=O)c3ccc(F)cc3Cl)CC2)nc1. The Morgan fingerprint density at radius 2 is 2.04 bits per heavy atom. The second-order valence-corrected chi connectivity index (χ2v) is 6.59. The van der Waals surface area contributed by atoms with Crippen LogP contribution < -0.4 is 10.1 Å². The van der Waals surface area contributed by atoms with Crippen LogP contribution in [0.3, 0.4) is 0 Å². The van der Waals surface area contributed by atoms with Crippen LogP contribution in [0.15, 0.2) is 36.5 Å². The van der Waals surface area contributed by atoms with E-state index in [9.17, 15) is 9.18 Å². The monoisotopic (exact) mass is 373 g/mol. The first kappa shape index (κ1) is 18.2. The molecular formula is C19H17ClFN3O2. The number of hydrogen-bond donors (Lipinski definition) is 1. The van der Waals surface area contributed by atoms with Crippen LogP contribution in [0.5, 0.6) is 5.88 Å². The number of halogens is 2. The summed E-state index contributed by atoms with van der Waals surface area (Å²) in [6.45, 7) is 0. The highest BCUT2D eigenvalue weighted by Crippen LogP contribution is 2.24. The van der Waals surface area contributed by atoms with E-state index in [4.69, 9.17) is 21.6 Å². The van der Waals surface area contributed by atoms with Crippen molar-refractivity contribution in [1.29, 1.82) is 5.26 Å². The summed E-state index contributed by atoms with van der Waals surface area (Å²) in [6, 6.07) is 9.13. The molecule has 1 N–H and O–H groups in total. The molecule has 7 heteroatoms. The quantitative estimate of drug-likeness (QED) is 0.882. The van der Waals surface area contributed by atoms with Crippen molar-refractivity contribution < 1.29 is 13.9 Å². The Bertz CT molecular complexity index is 828. The molecule has 0 saturated heterocycles. The number of benzene rings is 1. The van der Waals surface area contributed by atoms with Crippen molar-refractivity contribution in [3.63, 3.8) is 0 Å². The molecule has 1 aliphatic rings. The fraction of sp³-hybridized carbons (Fsp3) is 0.316. The van der Waals surface area contributed by atoms with Crippen LogP contribution in [-0.4, -0.2) is 23.0 Å². The van der Waals surface area contributed by atoms with E-state index in [1.54, 1.807) is 12.1 Å². The fourth-order valence-electron chi connectivity index (χ4n) is 2.95. The van der Waals surface area contributed by atoms with Gasteiger partial charge in [0.1, 0.15) is 18.0 Å². The van der Waals surface area contributed by atoms with Gasteiger partial charge < -0.3 is 10.1 Å². The van der Waals surface area contributed by atoms with Gasteiger partial charge in [0.05, 0.1) is 16.1 Å². The zero-order chi connectivity index (χ0) is 18.5. The summed E-state index contributed by atoms with van der Waals surface area (Å²) < 4.78 is 18.9. The lowest BCUT2D eigenvalue weighted by molar-refractivity contribution is 0.0890. The van der Waals surface area contributed by atoms with Gasteiger partial charge in [-0.2, -0.15) is 5.26 Å². The second kappa shape index (κ2) is 8.15. The van der Waals surface area contributed by atoms with E-state index in [0.29, 0.717) is 11.4 Å². The lowest BCUT2D eigenvalue weighted by Crippen LogP contribution is -2.39. The number of hydrogen-bond acceptors (Lipinski definition) is 4. The molecule has 1 aliphatic carbocycles. The lowest BCUT2D eigenvalue weighted by Gasteiger charge is -2.29. The van der Waals surface area contributed by atoms with Crippen LogP contribution >= 0.6 is 11.6 Å². The second-order valence-electron chi connectivity index (χ2n) is 6.19. The summed E-state index contributed by atoms with van der Waals surface area (Å²) in [7, 11) is 0. The van der Waals surface area contributed by atoms with Crippen molar-refractivity contribution in [2.24, 2.45) is 0 Å². The van der Waals surface area contributed by atoms with Gasteiger partial charge in [-0.15, -0.1) is 0 Å². The molecule has 26 heavy (non-hydrogen) atoms. The molecule has 0 radical (unpaired) electrons. The Morgan fingerprint density at radius 1 is 1.27 bits per heavy atom. The van der Waals surface area contributed by atoms with Gasteiger partial charge in [-0.05, 0) is 49.9 Å². The van der Waals surface area contributed by atoms with E-state index in [1.807, 2.05) is 6.07 Å².